The van der Waals surface area contributed by atoms with E-state index in [1.807, 2.05) is 12.1 Å². The first kappa shape index (κ1) is 33.2. The van der Waals surface area contributed by atoms with E-state index in [9.17, 15) is 9.46 Å². The van der Waals surface area contributed by atoms with Crippen molar-refractivity contribution >= 4 is 13.3 Å². The summed E-state index contributed by atoms with van der Waals surface area (Å²) in [5.41, 5.74) is 13.0. The van der Waals surface area contributed by atoms with Crippen molar-refractivity contribution in [3.63, 3.8) is 0 Å². The fourth-order valence-corrected chi connectivity index (χ4v) is 7.04. The smallest absolute Gasteiger partial charge is 0.156 e. The number of unbranched alkanes of at least 4 members (excludes halogenated alkanes) is 2. The zero-order valence-corrected chi connectivity index (χ0v) is 27.6. The molecule has 0 aliphatic rings. The second kappa shape index (κ2) is 17.0. The minimum absolute atomic E-state index is 0.573. The van der Waals surface area contributed by atoms with Gasteiger partial charge in [-0.05, 0) is 112 Å². The number of rotatable bonds is 17. The summed E-state index contributed by atoms with van der Waals surface area (Å²) in [7, 11) is -2.51. The van der Waals surface area contributed by atoms with Gasteiger partial charge in [-0.1, -0.05) is 116 Å². The fourth-order valence-electron chi connectivity index (χ4n) is 6.39. The van der Waals surface area contributed by atoms with Crippen molar-refractivity contribution in [1.82, 2.24) is 0 Å². The third-order valence-corrected chi connectivity index (χ3v) is 9.07. The summed E-state index contributed by atoms with van der Waals surface area (Å²) in [6, 6.07) is 15.8. The molecule has 0 radical (unpaired) electrons. The molecule has 2 nitrogen and oxygen atoms in total. The van der Waals surface area contributed by atoms with Crippen molar-refractivity contribution in [2.24, 2.45) is 0 Å². The maximum atomic E-state index is 13.1. The van der Waals surface area contributed by atoms with E-state index in [0.717, 1.165) is 88.2 Å². The molecule has 0 fully saturated rings. The molecule has 222 valence electrons. The van der Waals surface area contributed by atoms with Crippen LogP contribution in [0.4, 0.5) is 0 Å². The molecule has 0 aliphatic carbocycles. The number of aryl methyl sites for hydroxylation is 4. The van der Waals surface area contributed by atoms with E-state index in [1.165, 1.54) is 57.3 Å². The highest BCUT2D eigenvalue weighted by atomic mass is 31.1. The monoisotopic (exact) mass is 573 g/mol. The van der Waals surface area contributed by atoms with Crippen LogP contribution in [0, 0.1) is 0 Å². The van der Waals surface area contributed by atoms with Crippen LogP contribution in [-0.4, -0.2) is 4.89 Å². The highest BCUT2D eigenvalue weighted by Crippen LogP contribution is 2.42. The first-order valence-electron chi connectivity index (χ1n) is 16.5. The van der Waals surface area contributed by atoms with Crippen LogP contribution in [0.3, 0.4) is 0 Å². The summed E-state index contributed by atoms with van der Waals surface area (Å²) in [5.74, 6) is 0. The van der Waals surface area contributed by atoms with Crippen molar-refractivity contribution < 1.29 is 9.46 Å². The number of hydrogen-bond acceptors (Lipinski definition) is 1. The molecule has 0 amide bonds. The topological polar surface area (TPSA) is 37.3 Å². The van der Waals surface area contributed by atoms with E-state index < -0.39 is 8.03 Å². The van der Waals surface area contributed by atoms with E-state index in [0.29, 0.717) is 5.30 Å². The molecule has 0 aliphatic heterocycles. The van der Waals surface area contributed by atoms with Gasteiger partial charge in [-0.3, -0.25) is 0 Å². The lowest BCUT2D eigenvalue weighted by Gasteiger charge is -2.22. The predicted octanol–water partition coefficient (Wildman–Crippen LogP) is 10.9. The molecule has 0 bridgehead atoms. The van der Waals surface area contributed by atoms with Crippen molar-refractivity contribution in [3.8, 4) is 22.3 Å². The standard InChI is InChI=1S/C38H53O2P/c1-7-13-20-28-24-30(16-9-3)32(18-11-5)35(26-28)34-22-15-23-37(41(39)40)38(34)36-27-29(21-14-8-2)25-31(17-10-4)33(36)19-12-6/h15,22-27H,7-14,16-21H2,1-6H3/p+1. The number of benzene rings is 3. The Hall–Kier alpha value is -2.28. The molecule has 0 heterocycles. The van der Waals surface area contributed by atoms with Gasteiger partial charge in [0, 0.05) is 5.56 Å². The Morgan fingerprint density at radius 1 is 0.561 bits per heavy atom. The first-order valence-corrected chi connectivity index (χ1v) is 17.7. The van der Waals surface area contributed by atoms with Gasteiger partial charge in [0.1, 0.15) is 0 Å². The zero-order valence-electron chi connectivity index (χ0n) is 26.7. The second-order valence-electron chi connectivity index (χ2n) is 11.7. The van der Waals surface area contributed by atoms with E-state index >= 15 is 0 Å². The summed E-state index contributed by atoms with van der Waals surface area (Å²) >= 11 is 0. The highest BCUT2D eigenvalue weighted by molar-refractivity contribution is 7.47. The van der Waals surface area contributed by atoms with Crippen molar-refractivity contribution in [2.45, 2.75) is 131 Å². The van der Waals surface area contributed by atoms with Gasteiger partial charge < -0.3 is 0 Å². The Labute approximate surface area is 251 Å². The van der Waals surface area contributed by atoms with Gasteiger partial charge >= 0.3 is 8.03 Å². The molecule has 3 heteroatoms. The van der Waals surface area contributed by atoms with E-state index in [-0.39, 0.29) is 0 Å². The molecule has 0 spiro atoms. The van der Waals surface area contributed by atoms with E-state index in [2.05, 4.69) is 71.9 Å². The molecule has 1 atom stereocenters. The van der Waals surface area contributed by atoms with Gasteiger partial charge in [0.25, 0.3) is 0 Å². The molecule has 3 aromatic carbocycles. The number of hydrogen-bond donors (Lipinski definition) is 1. The molecule has 41 heavy (non-hydrogen) atoms. The van der Waals surface area contributed by atoms with Gasteiger partial charge in [-0.25, -0.2) is 0 Å². The quantitative estimate of drug-likeness (QED) is 0.163. The zero-order chi connectivity index (χ0) is 29.8. The van der Waals surface area contributed by atoms with Crippen LogP contribution in [-0.2, 0) is 43.1 Å². The minimum atomic E-state index is -2.51. The molecular weight excluding hydrogens is 519 g/mol. The lowest BCUT2D eigenvalue weighted by Crippen LogP contribution is -2.10. The Morgan fingerprint density at radius 3 is 1.51 bits per heavy atom. The lowest BCUT2D eigenvalue weighted by molar-refractivity contribution is 0.513. The third kappa shape index (κ3) is 8.39. The summed E-state index contributed by atoms with van der Waals surface area (Å²) in [6.07, 6.45) is 15.2. The summed E-state index contributed by atoms with van der Waals surface area (Å²) in [6.45, 7) is 13.5. The third-order valence-electron chi connectivity index (χ3n) is 8.29. The highest BCUT2D eigenvalue weighted by Gasteiger charge is 2.29. The van der Waals surface area contributed by atoms with Crippen LogP contribution in [0.2, 0.25) is 0 Å². The average molecular weight is 574 g/mol. The molecule has 3 rings (SSSR count). The Kier molecular flexibility index (Phi) is 13.8. The van der Waals surface area contributed by atoms with Crippen LogP contribution in [0.15, 0.2) is 42.5 Å². The van der Waals surface area contributed by atoms with Gasteiger partial charge in [0.05, 0.1) is 0 Å². The van der Waals surface area contributed by atoms with Crippen LogP contribution in [0.1, 0.15) is 126 Å². The van der Waals surface area contributed by atoms with E-state index in [4.69, 9.17) is 0 Å². The van der Waals surface area contributed by atoms with Crippen LogP contribution >= 0.6 is 8.03 Å². The maximum Gasteiger partial charge on any atom is 0.546 e. The molecular formula is C38H54O2P+. The van der Waals surface area contributed by atoms with Gasteiger partial charge in [0.15, 0.2) is 0 Å². The molecule has 3 aromatic rings. The average Bonchev–Trinajstić information content (AvgIpc) is 2.97. The molecule has 0 saturated heterocycles. The van der Waals surface area contributed by atoms with Gasteiger partial charge in [0.2, 0.25) is 5.30 Å². The lowest BCUT2D eigenvalue weighted by atomic mass is 9.82. The van der Waals surface area contributed by atoms with Crippen molar-refractivity contribution in [1.29, 1.82) is 0 Å². The molecule has 0 aromatic heterocycles. The Balaban J connectivity index is 2.48. The minimum Gasteiger partial charge on any atom is -0.156 e. The summed E-state index contributed by atoms with van der Waals surface area (Å²) < 4.78 is 13.1. The Bertz CT molecular complexity index is 1290. The molecule has 0 saturated carbocycles. The van der Waals surface area contributed by atoms with Gasteiger partial charge in [-0.2, -0.15) is 4.89 Å². The SMILES string of the molecule is CCCCc1cc(CCC)c(CCC)c(-c2cccc([P+](=O)O)c2-c2cc(CCCC)cc(CCC)c2CCC)c1. The first-order chi connectivity index (χ1) is 19.9. The largest absolute Gasteiger partial charge is 0.546 e. The maximum absolute atomic E-state index is 13.1. The summed E-state index contributed by atoms with van der Waals surface area (Å²) in [5, 5.41) is 0.573. The normalized spacial score (nSPS) is 11.7. The van der Waals surface area contributed by atoms with Crippen LogP contribution in [0.5, 0.6) is 0 Å². The fraction of sp³-hybridized carbons (Fsp3) is 0.526. The molecule has 1 unspecified atom stereocenters. The second-order valence-corrected chi connectivity index (χ2v) is 12.8. The predicted molar refractivity (Wildman–Crippen MR) is 180 cm³/mol. The van der Waals surface area contributed by atoms with Crippen LogP contribution < -0.4 is 5.30 Å². The van der Waals surface area contributed by atoms with Crippen molar-refractivity contribution in [2.75, 3.05) is 0 Å². The molecule has 1 N–H and O–H groups in total. The van der Waals surface area contributed by atoms with Crippen molar-refractivity contribution in [3.05, 3.63) is 75.8 Å². The van der Waals surface area contributed by atoms with Crippen LogP contribution in [0.25, 0.3) is 22.3 Å². The van der Waals surface area contributed by atoms with E-state index in [1.54, 1.807) is 0 Å². The Morgan fingerprint density at radius 2 is 1.05 bits per heavy atom. The van der Waals surface area contributed by atoms with Gasteiger partial charge in [-0.15, -0.1) is 0 Å². The summed E-state index contributed by atoms with van der Waals surface area (Å²) in [4.78, 5) is 10.7.